The Hall–Kier alpha value is -4.52. The predicted octanol–water partition coefficient (Wildman–Crippen LogP) is 3.27. The van der Waals surface area contributed by atoms with Crippen molar-refractivity contribution in [1.29, 1.82) is 0 Å². The molecule has 0 spiro atoms. The first kappa shape index (κ1) is 24.1. The summed E-state index contributed by atoms with van der Waals surface area (Å²) in [5.41, 5.74) is 2.49. The van der Waals surface area contributed by atoms with Crippen molar-refractivity contribution in [3.05, 3.63) is 70.3 Å². The van der Waals surface area contributed by atoms with E-state index in [2.05, 4.69) is 15.2 Å². The summed E-state index contributed by atoms with van der Waals surface area (Å²) in [5.74, 6) is -0.634. The van der Waals surface area contributed by atoms with Crippen molar-refractivity contribution in [2.75, 3.05) is 24.4 Å². The summed E-state index contributed by atoms with van der Waals surface area (Å²) in [6, 6.07) is 12.1. The fourth-order valence-electron chi connectivity index (χ4n) is 2.89. The van der Waals surface area contributed by atoms with E-state index in [1.807, 2.05) is 0 Å². The number of rotatable bonds is 9. The van der Waals surface area contributed by atoms with Gasteiger partial charge in [0.15, 0.2) is 11.5 Å². The van der Waals surface area contributed by atoms with Gasteiger partial charge in [0.05, 0.1) is 36.7 Å². The molecule has 0 saturated heterocycles. The number of hydrazone groups is 1. The molecule has 178 valence electrons. The number of anilines is 2. The molecule has 0 amide bonds. The molecule has 3 aromatic carbocycles. The summed E-state index contributed by atoms with van der Waals surface area (Å²) in [4.78, 5) is 10.1. The highest BCUT2D eigenvalue weighted by Gasteiger charge is 2.23. The first-order valence-electron chi connectivity index (χ1n) is 9.49. The topological polar surface area (TPSA) is 173 Å². The number of nitrogens with one attached hydrogen (secondary N) is 2. The third-order valence-electron chi connectivity index (χ3n) is 4.51. The average Bonchev–Trinajstić information content (AvgIpc) is 2.81. The van der Waals surface area contributed by atoms with Crippen molar-refractivity contribution >= 4 is 33.3 Å². The minimum absolute atomic E-state index is 0.000983. The lowest BCUT2D eigenvalue weighted by Gasteiger charge is -2.14. The largest absolute Gasteiger partial charge is 0.504 e. The Labute approximate surface area is 194 Å². The Balaban J connectivity index is 1.97. The smallest absolute Gasteiger partial charge is 0.270 e. The first-order chi connectivity index (χ1) is 16.2. The fourth-order valence-corrected chi connectivity index (χ4v) is 4.14. The molecule has 13 heteroatoms. The van der Waals surface area contributed by atoms with Crippen molar-refractivity contribution in [2.45, 2.75) is 4.90 Å². The maximum atomic E-state index is 13.1. The van der Waals surface area contributed by atoms with E-state index < -0.39 is 37.0 Å². The van der Waals surface area contributed by atoms with Crippen LogP contribution in [0.3, 0.4) is 0 Å². The number of hydrogen-bond acceptors (Lipinski definition) is 10. The van der Waals surface area contributed by atoms with Crippen molar-refractivity contribution in [1.82, 2.24) is 0 Å². The fraction of sp³-hybridized carbons (Fsp3) is 0.0952. The maximum absolute atomic E-state index is 13.1. The second-order valence-corrected chi connectivity index (χ2v) is 8.36. The van der Waals surface area contributed by atoms with Crippen LogP contribution in [0.15, 0.2) is 64.6 Å². The van der Waals surface area contributed by atoms with Crippen LogP contribution in [-0.4, -0.2) is 44.0 Å². The number of methoxy groups -OCH3 is 2. The van der Waals surface area contributed by atoms with Gasteiger partial charge in [0.2, 0.25) is 5.75 Å². The van der Waals surface area contributed by atoms with Gasteiger partial charge in [0.25, 0.3) is 15.7 Å². The molecule has 3 aromatic rings. The van der Waals surface area contributed by atoms with Crippen LogP contribution in [0.2, 0.25) is 0 Å². The highest BCUT2D eigenvalue weighted by atomic mass is 32.2. The Morgan fingerprint density at radius 2 is 1.71 bits per heavy atom. The number of nitro benzene ring substituents is 1. The van der Waals surface area contributed by atoms with Crippen molar-refractivity contribution in [3.8, 4) is 23.0 Å². The molecule has 0 saturated carbocycles. The van der Waals surface area contributed by atoms with Crippen LogP contribution in [0.4, 0.5) is 17.1 Å². The van der Waals surface area contributed by atoms with E-state index in [1.54, 1.807) is 18.2 Å². The Kier molecular flexibility index (Phi) is 7.06. The van der Waals surface area contributed by atoms with E-state index in [1.165, 1.54) is 44.7 Å². The molecule has 0 atom stereocenters. The number of nitro groups is 1. The van der Waals surface area contributed by atoms with Gasteiger partial charge >= 0.3 is 0 Å². The lowest BCUT2D eigenvalue weighted by atomic mass is 10.2. The number of sulfonamides is 1. The summed E-state index contributed by atoms with van der Waals surface area (Å²) >= 11 is 0. The number of ether oxygens (including phenoxy) is 2. The van der Waals surface area contributed by atoms with Crippen LogP contribution in [0.1, 0.15) is 5.56 Å². The number of non-ortho nitro benzene ring substituents is 1. The summed E-state index contributed by atoms with van der Waals surface area (Å²) in [6.07, 6.45) is 1.23. The zero-order chi connectivity index (χ0) is 24.9. The molecule has 0 aliphatic heterocycles. The van der Waals surface area contributed by atoms with Gasteiger partial charge in [-0.15, -0.1) is 0 Å². The zero-order valence-corrected chi connectivity index (χ0v) is 18.7. The molecule has 0 unspecified atom stereocenters. The summed E-state index contributed by atoms with van der Waals surface area (Å²) in [6.45, 7) is 0. The normalized spacial score (nSPS) is 11.2. The lowest BCUT2D eigenvalue weighted by molar-refractivity contribution is -0.385. The Morgan fingerprint density at radius 3 is 2.38 bits per heavy atom. The van der Waals surface area contributed by atoms with E-state index in [4.69, 9.17) is 9.47 Å². The van der Waals surface area contributed by atoms with Crippen molar-refractivity contribution in [2.24, 2.45) is 5.10 Å². The summed E-state index contributed by atoms with van der Waals surface area (Å²) < 4.78 is 38.7. The van der Waals surface area contributed by atoms with E-state index in [0.717, 1.165) is 12.1 Å². The molecule has 34 heavy (non-hydrogen) atoms. The van der Waals surface area contributed by atoms with Gasteiger partial charge in [-0.05, 0) is 30.3 Å². The molecule has 12 nitrogen and oxygen atoms in total. The molecule has 0 aliphatic rings. The average molecular weight is 488 g/mol. The maximum Gasteiger partial charge on any atom is 0.270 e. The van der Waals surface area contributed by atoms with Crippen molar-refractivity contribution < 1.29 is 33.0 Å². The van der Waals surface area contributed by atoms with Crippen LogP contribution < -0.4 is 19.6 Å². The number of phenolic OH excluding ortho intramolecular Hbond substituents is 2. The second kappa shape index (κ2) is 9.95. The van der Waals surface area contributed by atoms with Gasteiger partial charge in [-0.2, -0.15) is 5.10 Å². The SMILES string of the molecule is COc1ccccc1NS(=O)(=O)c1cc([N+](=O)[O-])ccc1N/N=C/c1cc(O)c(O)c(OC)c1. The summed E-state index contributed by atoms with van der Waals surface area (Å²) in [7, 11) is -1.64. The van der Waals surface area contributed by atoms with Crippen LogP contribution >= 0.6 is 0 Å². The number of benzene rings is 3. The van der Waals surface area contributed by atoms with Crippen molar-refractivity contribution in [3.63, 3.8) is 0 Å². The number of aromatic hydroxyl groups is 2. The third-order valence-corrected chi connectivity index (χ3v) is 5.92. The predicted molar refractivity (Wildman–Crippen MR) is 124 cm³/mol. The number of para-hydroxylation sites is 2. The van der Waals surface area contributed by atoms with E-state index in [9.17, 15) is 28.7 Å². The minimum atomic E-state index is -4.31. The van der Waals surface area contributed by atoms with Crippen LogP contribution in [0.5, 0.6) is 23.0 Å². The standard InChI is InChI=1S/C21H20N4O8S/c1-32-18-6-4-3-5-15(18)24-34(30,31)20-11-14(25(28)29)7-8-16(20)23-22-12-13-9-17(26)21(27)19(10-13)33-2/h3-12,23-24,26-27H,1-2H3/b22-12+. The molecule has 3 rings (SSSR count). The quantitative estimate of drug-likeness (QED) is 0.153. The Bertz CT molecular complexity index is 1360. The second-order valence-electron chi connectivity index (χ2n) is 6.70. The number of nitrogens with zero attached hydrogens (tertiary/aromatic N) is 2. The molecule has 0 radical (unpaired) electrons. The van der Waals surface area contributed by atoms with Gasteiger partial charge in [0.1, 0.15) is 10.6 Å². The minimum Gasteiger partial charge on any atom is -0.504 e. The van der Waals surface area contributed by atoms with Gasteiger partial charge in [-0.3, -0.25) is 20.3 Å². The van der Waals surface area contributed by atoms with Gasteiger partial charge < -0.3 is 19.7 Å². The number of hydrogen-bond donors (Lipinski definition) is 4. The number of phenols is 2. The molecule has 0 fully saturated rings. The van der Waals surface area contributed by atoms with E-state index in [-0.39, 0.29) is 22.9 Å². The highest BCUT2D eigenvalue weighted by Crippen LogP contribution is 2.36. The van der Waals surface area contributed by atoms with Gasteiger partial charge in [-0.25, -0.2) is 8.42 Å². The molecule has 0 aliphatic carbocycles. The highest BCUT2D eigenvalue weighted by molar-refractivity contribution is 7.93. The summed E-state index contributed by atoms with van der Waals surface area (Å²) in [5, 5.41) is 34.6. The molecular formula is C21H20N4O8S. The Morgan fingerprint density at radius 1 is 1.00 bits per heavy atom. The molecular weight excluding hydrogens is 468 g/mol. The molecule has 4 N–H and O–H groups in total. The van der Waals surface area contributed by atoms with Crippen LogP contribution in [-0.2, 0) is 10.0 Å². The third kappa shape index (κ3) is 5.27. The van der Waals surface area contributed by atoms with Gasteiger partial charge in [-0.1, -0.05) is 12.1 Å². The van der Waals surface area contributed by atoms with E-state index in [0.29, 0.717) is 5.56 Å². The van der Waals surface area contributed by atoms with Crippen LogP contribution in [0.25, 0.3) is 0 Å². The molecule has 0 aromatic heterocycles. The van der Waals surface area contributed by atoms with Gasteiger partial charge in [0, 0.05) is 17.7 Å². The van der Waals surface area contributed by atoms with Crippen LogP contribution in [0, 0.1) is 10.1 Å². The monoisotopic (exact) mass is 488 g/mol. The zero-order valence-electron chi connectivity index (χ0n) is 17.9. The first-order valence-corrected chi connectivity index (χ1v) is 11.0. The molecule has 0 bridgehead atoms. The molecule has 0 heterocycles. The van der Waals surface area contributed by atoms with E-state index >= 15 is 0 Å². The lowest BCUT2D eigenvalue weighted by Crippen LogP contribution is -2.15.